The Morgan fingerprint density at radius 2 is 1.15 bits per heavy atom. The van der Waals surface area contributed by atoms with Crippen molar-refractivity contribution < 1.29 is 71.8 Å². The molecular weight excluding hydrogens is 963 g/mol. The molecule has 5 aromatic carbocycles. The molecule has 5 aromatic rings. The molecule has 0 spiro atoms. The molecule has 0 saturated heterocycles. The van der Waals surface area contributed by atoms with Crippen molar-refractivity contribution in [3.05, 3.63) is 72.8 Å². The number of benzene rings is 5. The molecule has 18 nitrogen and oxygen atoms in total. The van der Waals surface area contributed by atoms with Crippen molar-refractivity contribution in [1.29, 1.82) is 0 Å². The fourth-order valence-electron chi connectivity index (χ4n) is 5.85. The molecule has 0 heterocycles. The number of fused-ring (bicyclic) bond motifs is 2. The number of phenolic OH excluding ortho intramolecular Hbond substituents is 3. The molecule has 0 aliphatic carbocycles. The van der Waals surface area contributed by atoms with Gasteiger partial charge in [-0.1, -0.05) is 12.1 Å². The molecular formula is C38H38Cl2CuN6O12S3. The second kappa shape index (κ2) is 21.4. The number of phenols is 3. The van der Waals surface area contributed by atoms with Crippen LogP contribution in [0.4, 0.5) is 34.1 Å². The molecule has 0 aromatic heterocycles. The zero-order valence-electron chi connectivity index (χ0n) is 32.1. The van der Waals surface area contributed by atoms with Gasteiger partial charge in [0.05, 0.1) is 39.3 Å². The Bertz CT molecular complexity index is 2900. The number of amides is 2. The summed E-state index contributed by atoms with van der Waals surface area (Å²) in [5.41, 5.74) is 0.333. The minimum Gasteiger partial charge on any atom is -0.506 e. The zero-order valence-corrected chi connectivity index (χ0v) is 37.0. The summed E-state index contributed by atoms with van der Waals surface area (Å²) < 4.78 is 81.3. The molecule has 0 fully saturated rings. The Kier molecular flexibility index (Phi) is 17.2. The average molecular weight is 1000 g/mol. The second-order valence-corrected chi connectivity index (χ2v) is 20.2. The number of hydrogen-bond donors (Lipinski definition) is 6. The number of sulfone groups is 2. The van der Waals surface area contributed by atoms with Gasteiger partial charge in [-0.05, 0) is 78.2 Å². The van der Waals surface area contributed by atoms with Gasteiger partial charge in [-0.15, -0.1) is 38.5 Å². The largest absolute Gasteiger partial charge is 0.506 e. The van der Waals surface area contributed by atoms with Crippen LogP contribution >= 0.6 is 23.2 Å². The zero-order chi connectivity index (χ0) is 44.5. The van der Waals surface area contributed by atoms with Crippen LogP contribution < -0.4 is 10.6 Å². The molecule has 5 rings (SSSR count). The number of halogens is 2. The summed E-state index contributed by atoms with van der Waals surface area (Å²) in [7, 11) is -11.6. The maximum Gasteiger partial charge on any atom is 0.294 e. The number of carbonyl (C=O) groups excluding carboxylic acids is 2. The Labute approximate surface area is 376 Å². The van der Waals surface area contributed by atoms with Crippen LogP contribution in [-0.4, -0.2) is 91.7 Å². The number of alkyl halides is 2. The number of carbonyl (C=O) groups is 2. The van der Waals surface area contributed by atoms with E-state index in [0.717, 1.165) is 12.1 Å². The third-order valence-electron chi connectivity index (χ3n) is 8.86. The van der Waals surface area contributed by atoms with E-state index in [2.05, 4.69) is 31.1 Å². The minimum atomic E-state index is -4.75. The average Bonchev–Trinajstić information content (AvgIpc) is 3.17. The van der Waals surface area contributed by atoms with Gasteiger partial charge >= 0.3 is 0 Å². The summed E-state index contributed by atoms with van der Waals surface area (Å²) in [5, 5.41) is 55.1. The smallest absolute Gasteiger partial charge is 0.294 e. The van der Waals surface area contributed by atoms with Crippen LogP contribution in [0.25, 0.3) is 21.5 Å². The van der Waals surface area contributed by atoms with Gasteiger partial charge in [0.1, 0.15) is 22.8 Å². The fourth-order valence-corrected chi connectivity index (χ4v) is 9.85. The Morgan fingerprint density at radius 3 is 1.74 bits per heavy atom. The molecule has 0 unspecified atom stereocenters. The van der Waals surface area contributed by atoms with E-state index in [9.17, 15) is 54.7 Å². The fraction of sp³-hybridized carbons (Fsp3) is 0.263. The summed E-state index contributed by atoms with van der Waals surface area (Å²) in [5.74, 6) is -3.25. The summed E-state index contributed by atoms with van der Waals surface area (Å²) in [4.78, 5) is 24.5. The van der Waals surface area contributed by atoms with Crippen molar-refractivity contribution in [2.75, 3.05) is 45.4 Å². The van der Waals surface area contributed by atoms with Gasteiger partial charge in [0.2, 0.25) is 11.8 Å². The first-order chi connectivity index (χ1) is 28.8. The van der Waals surface area contributed by atoms with Crippen molar-refractivity contribution in [2.45, 2.75) is 30.6 Å². The molecule has 0 saturated carbocycles. The van der Waals surface area contributed by atoms with E-state index in [-0.39, 0.29) is 134 Å². The van der Waals surface area contributed by atoms with Crippen molar-refractivity contribution in [2.24, 2.45) is 20.5 Å². The van der Waals surface area contributed by atoms with Crippen molar-refractivity contribution in [3.8, 4) is 17.2 Å². The molecule has 1 radical (unpaired) electrons. The number of rotatable bonds is 19. The molecule has 0 aliphatic heterocycles. The van der Waals surface area contributed by atoms with Crippen LogP contribution in [0.2, 0.25) is 0 Å². The van der Waals surface area contributed by atoms with E-state index in [1.165, 1.54) is 48.5 Å². The predicted molar refractivity (Wildman–Crippen MR) is 232 cm³/mol. The van der Waals surface area contributed by atoms with Gasteiger partial charge in [-0.2, -0.15) is 13.5 Å². The van der Waals surface area contributed by atoms with Gasteiger partial charge in [0.15, 0.2) is 31.2 Å². The quantitative estimate of drug-likeness (QED) is 0.0199. The molecule has 0 bridgehead atoms. The Hall–Kier alpha value is -4.93. The molecule has 0 aliphatic rings. The standard InChI is InChI=1S/C38H38Cl2N6O12S3.Cu/c39-13-17-59(52,53)15-1-3-34(48)41-25-8-12-29(33(47)21-25)44-46-30-10-5-23-19-26(7-9-28(23)37(30)50)43-45-31-11-6-24-20-27(61(56,57)58)22-32(36(24)38(31)51)42-35(49)4-2-16-60(54,55)18-14-40;/h5-12,19-22,47,50-51H,1-4,13-18H2,(H,41,48)(H,42,49)(H,56,57,58);. The van der Waals surface area contributed by atoms with E-state index in [1.807, 2.05) is 0 Å². The molecule has 6 N–H and O–H groups in total. The number of aromatic hydroxyl groups is 3. The predicted octanol–water partition coefficient (Wildman–Crippen LogP) is 7.93. The number of nitrogens with one attached hydrogen (secondary N) is 2. The van der Waals surface area contributed by atoms with Crippen LogP contribution in [0.5, 0.6) is 17.2 Å². The van der Waals surface area contributed by atoms with Crippen LogP contribution in [0.1, 0.15) is 25.7 Å². The SMILES string of the molecule is O=C(CCCS(=O)(=O)CCCl)Nc1ccc(N=Nc2ccc3cc(N=Nc4ccc5cc(S(=O)(=O)O)cc(NC(=O)CCCS(=O)(=O)CCCl)c5c4O)ccc3c2O)c(O)c1.[Cu]. The van der Waals surface area contributed by atoms with Gasteiger partial charge in [-0.3, -0.25) is 14.1 Å². The summed E-state index contributed by atoms with van der Waals surface area (Å²) in [6.45, 7) is 0. The summed E-state index contributed by atoms with van der Waals surface area (Å²) in [6.07, 6.45) is -0.274. The first-order valence-electron chi connectivity index (χ1n) is 18.1. The Balaban J connectivity index is 0.00000845. The molecule has 24 heteroatoms. The molecule has 335 valence electrons. The third kappa shape index (κ3) is 13.5. The Morgan fingerprint density at radius 1 is 0.597 bits per heavy atom. The monoisotopic (exact) mass is 999 g/mol. The van der Waals surface area contributed by atoms with Gasteiger partial charge < -0.3 is 26.0 Å². The van der Waals surface area contributed by atoms with E-state index in [0.29, 0.717) is 10.8 Å². The van der Waals surface area contributed by atoms with Crippen LogP contribution in [-0.2, 0) is 56.5 Å². The van der Waals surface area contributed by atoms with Crippen molar-refractivity contribution in [3.63, 3.8) is 0 Å². The number of nitrogens with zero attached hydrogens (tertiary/aromatic N) is 4. The summed E-state index contributed by atoms with van der Waals surface area (Å²) in [6, 6.07) is 16.5. The number of azo groups is 2. The maximum absolute atomic E-state index is 12.8. The van der Waals surface area contributed by atoms with Crippen molar-refractivity contribution >= 4 is 120 Å². The molecule has 0 atom stereocenters. The van der Waals surface area contributed by atoms with Crippen LogP contribution in [0.3, 0.4) is 0 Å². The topological polar surface area (TPSA) is 291 Å². The number of anilines is 2. The number of hydrogen-bond acceptors (Lipinski definition) is 15. The summed E-state index contributed by atoms with van der Waals surface area (Å²) >= 11 is 11.0. The minimum absolute atomic E-state index is 0. The first-order valence-corrected chi connectivity index (χ1v) is 24.3. The van der Waals surface area contributed by atoms with E-state index in [1.54, 1.807) is 12.1 Å². The second-order valence-electron chi connectivity index (χ2n) is 13.4. The first kappa shape index (κ1) is 49.7. The van der Waals surface area contributed by atoms with Crippen LogP contribution in [0, 0.1) is 0 Å². The van der Waals surface area contributed by atoms with Gasteiger partial charge in [0.25, 0.3) is 10.1 Å². The molecule has 62 heavy (non-hydrogen) atoms. The van der Waals surface area contributed by atoms with Crippen LogP contribution in [0.15, 0.2) is 98.1 Å². The van der Waals surface area contributed by atoms with Gasteiger partial charge in [-0.25, -0.2) is 16.8 Å². The van der Waals surface area contributed by atoms with E-state index >= 15 is 0 Å². The van der Waals surface area contributed by atoms with Gasteiger partial charge in [0, 0.05) is 64.2 Å². The molecule has 2 amide bonds. The van der Waals surface area contributed by atoms with E-state index < -0.39 is 52.3 Å². The van der Waals surface area contributed by atoms with E-state index in [4.69, 9.17) is 23.2 Å². The third-order valence-corrected chi connectivity index (χ3v) is 14.0. The maximum atomic E-state index is 12.8. The normalized spacial score (nSPS) is 12.2. The van der Waals surface area contributed by atoms with Crippen molar-refractivity contribution in [1.82, 2.24) is 0 Å².